The number of rotatable bonds is 2. The highest BCUT2D eigenvalue weighted by Gasteiger charge is 2.35. The lowest BCUT2D eigenvalue weighted by atomic mass is 9.86. The van der Waals surface area contributed by atoms with Crippen molar-refractivity contribution in [1.82, 2.24) is 14.7 Å². The predicted octanol–water partition coefficient (Wildman–Crippen LogP) is 3.52. The molecule has 2 amide bonds. The molecule has 2 aliphatic rings. The molecule has 2 aromatic rings. The fourth-order valence-corrected chi connectivity index (χ4v) is 3.70. The highest BCUT2D eigenvalue weighted by Crippen LogP contribution is 2.33. The Labute approximate surface area is 142 Å². The summed E-state index contributed by atoms with van der Waals surface area (Å²) in [4.78, 5) is 14.6. The number of amides is 2. The lowest BCUT2D eigenvalue weighted by Crippen LogP contribution is -2.33. The van der Waals surface area contributed by atoms with E-state index in [1.807, 2.05) is 48.3 Å². The minimum absolute atomic E-state index is 0.0213. The summed E-state index contributed by atoms with van der Waals surface area (Å²) in [6.07, 6.45) is 6.68. The van der Waals surface area contributed by atoms with Crippen LogP contribution in [0, 0.1) is 11.8 Å². The van der Waals surface area contributed by atoms with Crippen LogP contribution in [-0.2, 0) is 7.05 Å². The lowest BCUT2D eigenvalue weighted by Gasteiger charge is -2.17. The molecule has 5 heteroatoms. The second-order valence-electron chi connectivity index (χ2n) is 6.70. The molecular weight excluding hydrogens is 300 g/mol. The third-order valence-corrected chi connectivity index (χ3v) is 5.09. The van der Waals surface area contributed by atoms with Crippen LogP contribution in [0.2, 0.25) is 0 Å². The molecule has 0 radical (unpaired) electrons. The van der Waals surface area contributed by atoms with Gasteiger partial charge < -0.3 is 4.90 Å². The SMILES string of the molecule is Cn1nc(-c2ccccc2)cc1NC(=O)N1CC2CC=CCC2C1. The van der Waals surface area contributed by atoms with E-state index in [0.717, 1.165) is 43.0 Å². The molecule has 1 fully saturated rings. The summed E-state index contributed by atoms with van der Waals surface area (Å²) in [6.45, 7) is 1.70. The van der Waals surface area contributed by atoms with E-state index in [1.54, 1.807) is 4.68 Å². The van der Waals surface area contributed by atoms with Gasteiger partial charge >= 0.3 is 6.03 Å². The van der Waals surface area contributed by atoms with Gasteiger partial charge in [0, 0.05) is 31.8 Å². The summed E-state index contributed by atoms with van der Waals surface area (Å²) in [5.74, 6) is 1.96. The molecule has 24 heavy (non-hydrogen) atoms. The van der Waals surface area contributed by atoms with E-state index < -0.39 is 0 Å². The van der Waals surface area contributed by atoms with Crippen molar-refractivity contribution in [3.8, 4) is 11.3 Å². The monoisotopic (exact) mass is 322 g/mol. The van der Waals surface area contributed by atoms with Crippen molar-refractivity contribution in [2.45, 2.75) is 12.8 Å². The Bertz CT molecular complexity index is 749. The molecule has 1 N–H and O–H groups in total. The van der Waals surface area contributed by atoms with Crippen molar-refractivity contribution in [1.29, 1.82) is 0 Å². The van der Waals surface area contributed by atoms with E-state index in [2.05, 4.69) is 22.6 Å². The molecule has 1 saturated heterocycles. The largest absolute Gasteiger partial charge is 0.324 e. The van der Waals surface area contributed by atoms with Gasteiger partial charge in [0.2, 0.25) is 0 Å². The predicted molar refractivity (Wildman–Crippen MR) is 94.6 cm³/mol. The van der Waals surface area contributed by atoms with Crippen LogP contribution in [0.1, 0.15) is 12.8 Å². The number of aryl methyl sites for hydroxylation is 1. The first-order chi connectivity index (χ1) is 11.7. The maximum atomic E-state index is 12.6. The number of allylic oxidation sites excluding steroid dienone is 2. The molecule has 1 aromatic carbocycles. The fraction of sp³-hybridized carbons (Fsp3) is 0.368. The minimum Gasteiger partial charge on any atom is -0.324 e. The topological polar surface area (TPSA) is 50.2 Å². The van der Waals surface area contributed by atoms with Gasteiger partial charge in [-0.3, -0.25) is 10.00 Å². The van der Waals surface area contributed by atoms with Gasteiger partial charge in [-0.05, 0) is 24.7 Å². The van der Waals surface area contributed by atoms with E-state index in [4.69, 9.17) is 0 Å². The summed E-state index contributed by atoms with van der Waals surface area (Å²) in [5.41, 5.74) is 1.92. The zero-order chi connectivity index (χ0) is 16.5. The normalized spacial score (nSPS) is 22.5. The van der Waals surface area contributed by atoms with Gasteiger partial charge in [0.1, 0.15) is 5.82 Å². The zero-order valence-electron chi connectivity index (χ0n) is 13.9. The Morgan fingerprint density at radius 3 is 2.46 bits per heavy atom. The Hall–Kier alpha value is -2.56. The zero-order valence-corrected chi connectivity index (χ0v) is 13.9. The third kappa shape index (κ3) is 2.82. The molecule has 124 valence electrons. The summed E-state index contributed by atoms with van der Waals surface area (Å²) < 4.78 is 1.73. The second kappa shape index (κ2) is 6.15. The Balaban J connectivity index is 1.46. The summed E-state index contributed by atoms with van der Waals surface area (Å²) >= 11 is 0. The molecule has 1 aromatic heterocycles. The first-order valence-electron chi connectivity index (χ1n) is 8.51. The van der Waals surface area contributed by atoms with Gasteiger partial charge in [0.05, 0.1) is 5.69 Å². The van der Waals surface area contributed by atoms with Gasteiger partial charge in [0.25, 0.3) is 0 Å². The number of aromatic nitrogens is 2. The Kier molecular flexibility index (Phi) is 3.84. The van der Waals surface area contributed by atoms with Crippen LogP contribution < -0.4 is 5.32 Å². The number of nitrogens with zero attached hydrogens (tertiary/aromatic N) is 3. The van der Waals surface area contributed by atoms with E-state index in [9.17, 15) is 4.79 Å². The van der Waals surface area contributed by atoms with Crippen molar-refractivity contribution in [3.05, 3.63) is 48.6 Å². The Morgan fingerprint density at radius 1 is 1.12 bits per heavy atom. The third-order valence-electron chi connectivity index (χ3n) is 5.09. The maximum Gasteiger partial charge on any atom is 0.323 e. The average Bonchev–Trinajstić information content (AvgIpc) is 3.20. The molecule has 1 aliphatic carbocycles. The molecule has 2 atom stereocenters. The Morgan fingerprint density at radius 2 is 1.79 bits per heavy atom. The second-order valence-corrected chi connectivity index (χ2v) is 6.70. The molecular formula is C19H22N4O. The van der Waals surface area contributed by atoms with Crippen LogP contribution in [0.25, 0.3) is 11.3 Å². The van der Waals surface area contributed by atoms with Gasteiger partial charge in [-0.25, -0.2) is 4.79 Å². The fourth-order valence-electron chi connectivity index (χ4n) is 3.70. The van der Waals surface area contributed by atoms with Crippen LogP contribution in [-0.4, -0.2) is 33.8 Å². The maximum absolute atomic E-state index is 12.6. The van der Waals surface area contributed by atoms with Crippen molar-refractivity contribution >= 4 is 11.8 Å². The van der Waals surface area contributed by atoms with Crippen molar-refractivity contribution < 1.29 is 4.79 Å². The molecule has 0 bridgehead atoms. The highest BCUT2D eigenvalue weighted by atomic mass is 16.2. The van der Waals surface area contributed by atoms with Crippen molar-refractivity contribution in [2.24, 2.45) is 18.9 Å². The molecule has 2 heterocycles. The number of fused-ring (bicyclic) bond motifs is 1. The van der Waals surface area contributed by atoms with Gasteiger partial charge in [-0.1, -0.05) is 42.5 Å². The quantitative estimate of drug-likeness (QED) is 0.860. The van der Waals surface area contributed by atoms with Crippen molar-refractivity contribution in [2.75, 3.05) is 18.4 Å². The van der Waals surface area contributed by atoms with E-state index in [1.165, 1.54) is 0 Å². The van der Waals surface area contributed by atoms with Crippen LogP contribution in [0.4, 0.5) is 10.6 Å². The van der Waals surface area contributed by atoms with Crippen molar-refractivity contribution in [3.63, 3.8) is 0 Å². The number of hydrogen-bond acceptors (Lipinski definition) is 2. The molecule has 5 nitrogen and oxygen atoms in total. The van der Waals surface area contributed by atoms with Crippen LogP contribution in [0.5, 0.6) is 0 Å². The van der Waals surface area contributed by atoms with E-state index >= 15 is 0 Å². The molecule has 0 saturated carbocycles. The molecule has 4 rings (SSSR count). The highest BCUT2D eigenvalue weighted by molar-refractivity contribution is 5.89. The number of likely N-dealkylation sites (tertiary alicyclic amines) is 1. The van der Waals surface area contributed by atoms with Gasteiger partial charge in [-0.15, -0.1) is 0 Å². The van der Waals surface area contributed by atoms with E-state index in [-0.39, 0.29) is 6.03 Å². The van der Waals surface area contributed by atoms with Crippen LogP contribution >= 0.6 is 0 Å². The van der Waals surface area contributed by atoms with Crippen LogP contribution in [0.15, 0.2) is 48.6 Å². The number of anilines is 1. The summed E-state index contributed by atoms with van der Waals surface area (Å²) in [5, 5.41) is 7.53. The van der Waals surface area contributed by atoms with Gasteiger partial charge in [-0.2, -0.15) is 5.10 Å². The molecule has 0 spiro atoms. The summed E-state index contributed by atoms with van der Waals surface area (Å²) in [7, 11) is 1.86. The number of carbonyl (C=O) groups excluding carboxylic acids is 1. The average molecular weight is 322 g/mol. The van der Waals surface area contributed by atoms with Crippen LogP contribution in [0.3, 0.4) is 0 Å². The number of hydrogen-bond donors (Lipinski definition) is 1. The molecule has 1 aliphatic heterocycles. The number of benzene rings is 1. The van der Waals surface area contributed by atoms with Gasteiger partial charge in [0.15, 0.2) is 0 Å². The first kappa shape index (κ1) is 15.0. The number of urea groups is 1. The summed E-state index contributed by atoms with van der Waals surface area (Å²) in [6, 6.07) is 11.9. The minimum atomic E-state index is -0.0213. The number of carbonyl (C=O) groups is 1. The molecule has 2 unspecified atom stereocenters. The van der Waals surface area contributed by atoms with E-state index in [0.29, 0.717) is 11.8 Å². The standard InChI is InChI=1S/C19H22N4O/c1-22-18(11-17(21-22)14-7-3-2-4-8-14)20-19(24)23-12-15-9-5-6-10-16(15)13-23/h2-8,11,15-16H,9-10,12-13H2,1H3,(H,20,24). The first-order valence-corrected chi connectivity index (χ1v) is 8.51. The lowest BCUT2D eigenvalue weighted by molar-refractivity contribution is 0.220. The number of nitrogens with one attached hydrogen (secondary N) is 1. The smallest absolute Gasteiger partial charge is 0.323 e.